The van der Waals surface area contributed by atoms with Gasteiger partial charge in [-0.2, -0.15) is 0 Å². The van der Waals surface area contributed by atoms with Gasteiger partial charge in [-0.15, -0.1) is 0 Å². The summed E-state index contributed by atoms with van der Waals surface area (Å²) >= 11 is 0. The maximum absolute atomic E-state index is 6.81. The van der Waals surface area contributed by atoms with Crippen LogP contribution >= 0.6 is 0 Å². The van der Waals surface area contributed by atoms with E-state index in [9.17, 15) is 0 Å². The highest BCUT2D eigenvalue weighted by Crippen LogP contribution is 2.15. The fourth-order valence-electron chi connectivity index (χ4n) is 0.912. The van der Waals surface area contributed by atoms with Crippen LogP contribution in [-0.4, -0.2) is 12.4 Å². The number of rotatable bonds is 3. The first kappa shape index (κ1) is 8.65. The minimum Gasteiger partial charge on any atom is -0.313 e. The van der Waals surface area contributed by atoms with Gasteiger partial charge in [0.25, 0.3) is 0 Å². The van der Waals surface area contributed by atoms with E-state index in [0.717, 1.165) is 5.69 Å². The minimum absolute atomic E-state index is 0.605. The van der Waals surface area contributed by atoms with Gasteiger partial charge in [-0.25, -0.2) is 0 Å². The molecule has 0 saturated heterocycles. The third kappa shape index (κ3) is 2.31. The van der Waals surface area contributed by atoms with Gasteiger partial charge in [-0.3, -0.25) is 4.99 Å². The van der Waals surface area contributed by atoms with E-state index < -0.39 is 0 Å². The molecule has 0 aliphatic heterocycles. The van der Waals surface area contributed by atoms with E-state index >= 15 is 0 Å². The molecule has 12 heavy (non-hydrogen) atoms. The molecule has 1 rings (SSSR count). The molecule has 0 amide bonds. The summed E-state index contributed by atoms with van der Waals surface area (Å²) in [5, 5.41) is 6.81. The van der Waals surface area contributed by atoms with E-state index in [1.165, 1.54) is 11.8 Å². The summed E-state index contributed by atoms with van der Waals surface area (Å²) in [4.78, 5) is 4.22. The van der Waals surface area contributed by atoms with Gasteiger partial charge in [0.2, 0.25) is 0 Å². The largest absolute Gasteiger partial charge is 0.313 e. The highest BCUT2D eigenvalue weighted by molar-refractivity contribution is 5.79. The van der Waals surface area contributed by atoms with Crippen LogP contribution in [0.5, 0.6) is 0 Å². The van der Waals surface area contributed by atoms with Crippen molar-refractivity contribution < 1.29 is 0 Å². The molecule has 62 valence electrons. The normalized spacial score (nSPS) is 10.4. The second kappa shape index (κ2) is 4.44. The Bertz CT molecular complexity index is 290. The molecular formula is C10H12N2. The third-order valence-corrected chi connectivity index (χ3v) is 1.57. The van der Waals surface area contributed by atoms with Gasteiger partial charge in [0.05, 0.1) is 5.69 Å². The Labute approximate surface area is 72.5 Å². The number of hydrogen-bond donors (Lipinski definition) is 1. The first-order valence-electron chi connectivity index (χ1n) is 3.91. The van der Waals surface area contributed by atoms with Crippen LogP contribution in [0, 0.1) is 12.3 Å². The predicted molar refractivity (Wildman–Crippen MR) is 52.7 cm³/mol. The zero-order valence-electron chi connectivity index (χ0n) is 7.12. The quantitative estimate of drug-likeness (QED) is 0.660. The summed E-state index contributed by atoms with van der Waals surface area (Å²) in [6.07, 6.45) is 3.69. The van der Waals surface area contributed by atoms with Crippen LogP contribution in [0.25, 0.3) is 0 Å². The highest BCUT2D eigenvalue weighted by atomic mass is 14.7. The molecule has 0 aliphatic rings. The summed E-state index contributed by atoms with van der Waals surface area (Å²) in [5.41, 5.74) is 2.15. The second-order valence-corrected chi connectivity index (χ2v) is 2.54. The molecule has 1 aromatic carbocycles. The second-order valence-electron chi connectivity index (χ2n) is 2.54. The number of nitrogens with one attached hydrogen (secondary N) is 1. The van der Waals surface area contributed by atoms with Crippen LogP contribution in [0.15, 0.2) is 29.3 Å². The average molecular weight is 160 g/mol. The fraction of sp³-hybridized carbons (Fsp3) is 0.200. The summed E-state index contributed by atoms with van der Waals surface area (Å²) < 4.78 is 0. The number of para-hydroxylation sites is 1. The molecule has 0 spiro atoms. The lowest BCUT2D eigenvalue weighted by atomic mass is 10.2. The van der Waals surface area contributed by atoms with Crippen LogP contribution in [0.2, 0.25) is 0 Å². The van der Waals surface area contributed by atoms with Crippen molar-refractivity contribution in [3.05, 3.63) is 29.8 Å². The standard InChI is InChI=1S/C10H12N2/c1-9-5-2-3-6-10(9)12-8-4-7-11/h2-3,5-8,11H,4H2,1H3. The minimum atomic E-state index is 0.605. The number of benzene rings is 1. The van der Waals surface area contributed by atoms with Crippen molar-refractivity contribution in [2.45, 2.75) is 13.3 Å². The van der Waals surface area contributed by atoms with Crippen LogP contribution < -0.4 is 0 Å². The van der Waals surface area contributed by atoms with Crippen molar-refractivity contribution in [1.29, 1.82) is 5.41 Å². The van der Waals surface area contributed by atoms with Crippen molar-refractivity contribution in [3.8, 4) is 0 Å². The lowest BCUT2D eigenvalue weighted by Crippen LogP contribution is -1.76. The SMILES string of the molecule is Cc1ccccc1N=CCC=N. The molecule has 1 aromatic rings. The maximum atomic E-state index is 6.81. The third-order valence-electron chi connectivity index (χ3n) is 1.57. The molecule has 1 N–H and O–H groups in total. The molecule has 0 unspecified atom stereocenters. The molecule has 0 atom stereocenters. The zero-order valence-corrected chi connectivity index (χ0v) is 7.12. The van der Waals surface area contributed by atoms with Crippen LogP contribution in [-0.2, 0) is 0 Å². The molecule has 0 radical (unpaired) electrons. The van der Waals surface area contributed by atoms with Gasteiger partial charge >= 0.3 is 0 Å². The summed E-state index contributed by atoms with van der Waals surface area (Å²) in [7, 11) is 0. The number of aryl methyl sites for hydroxylation is 1. The fourth-order valence-corrected chi connectivity index (χ4v) is 0.912. The summed E-state index contributed by atoms with van der Waals surface area (Å²) in [5.74, 6) is 0. The molecular weight excluding hydrogens is 148 g/mol. The van der Waals surface area contributed by atoms with E-state index in [1.54, 1.807) is 6.21 Å². The van der Waals surface area contributed by atoms with Crippen LogP contribution in [0.4, 0.5) is 5.69 Å². The number of aliphatic imine (C=N–C) groups is 1. The van der Waals surface area contributed by atoms with Crippen molar-refractivity contribution in [1.82, 2.24) is 0 Å². The molecule has 0 saturated carbocycles. The average Bonchev–Trinajstić information content (AvgIpc) is 2.09. The van der Waals surface area contributed by atoms with Gasteiger partial charge in [-0.1, -0.05) is 18.2 Å². The number of nitrogens with zero attached hydrogens (tertiary/aromatic N) is 1. The Hall–Kier alpha value is -1.44. The van der Waals surface area contributed by atoms with E-state index in [4.69, 9.17) is 5.41 Å². The maximum Gasteiger partial charge on any atom is 0.0654 e. The van der Waals surface area contributed by atoms with Crippen molar-refractivity contribution >= 4 is 18.1 Å². The Morgan fingerprint density at radius 2 is 2.17 bits per heavy atom. The molecule has 0 bridgehead atoms. The van der Waals surface area contributed by atoms with Gasteiger partial charge in [0, 0.05) is 18.9 Å². The monoisotopic (exact) mass is 160 g/mol. The van der Waals surface area contributed by atoms with Crippen molar-refractivity contribution in [2.75, 3.05) is 0 Å². The van der Waals surface area contributed by atoms with E-state index in [0.29, 0.717) is 6.42 Å². The predicted octanol–water partition coefficient (Wildman–Crippen LogP) is 2.74. The first-order chi connectivity index (χ1) is 5.84. The lowest BCUT2D eigenvalue weighted by molar-refractivity contribution is 1.39. The van der Waals surface area contributed by atoms with Gasteiger partial charge in [0.1, 0.15) is 0 Å². The summed E-state index contributed by atoms with van der Waals surface area (Å²) in [6.45, 7) is 2.02. The molecule has 0 aromatic heterocycles. The Morgan fingerprint density at radius 3 is 2.83 bits per heavy atom. The molecule has 0 heterocycles. The van der Waals surface area contributed by atoms with E-state index in [2.05, 4.69) is 4.99 Å². The van der Waals surface area contributed by atoms with Crippen molar-refractivity contribution in [3.63, 3.8) is 0 Å². The smallest absolute Gasteiger partial charge is 0.0654 e. The Kier molecular flexibility index (Phi) is 3.20. The van der Waals surface area contributed by atoms with Crippen LogP contribution in [0.3, 0.4) is 0 Å². The van der Waals surface area contributed by atoms with E-state index in [-0.39, 0.29) is 0 Å². The topological polar surface area (TPSA) is 36.2 Å². The van der Waals surface area contributed by atoms with Gasteiger partial charge in [-0.05, 0) is 18.6 Å². The molecule has 2 heteroatoms. The molecule has 0 aliphatic carbocycles. The Morgan fingerprint density at radius 1 is 1.42 bits per heavy atom. The Balaban J connectivity index is 2.74. The summed E-state index contributed by atoms with van der Waals surface area (Å²) in [6, 6.07) is 7.95. The van der Waals surface area contributed by atoms with E-state index in [1.807, 2.05) is 31.2 Å². The molecule has 2 nitrogen and oxygen atoms in total. The molecule has 0 fully saturated rings. The lowest BCUT2D eigenvalue weighted by Gasteiger charge is -1.96. The van der Waals surface area contributed by atoms with Gasteiger partial charge in [0.15, 0.2) is 0 Å². The number of hydrogen-bond acceptors (Lipinski definition) is 2. The first-order valence-corrected chi connectivity index (χ1v) is 3.91. The zero-order chi connectivity index (χ0) is 8.81. The van der Waals surface area contributed by atoms with Gasteiger partial charge < -0.3 is 5.41 Å². The van der Waals surface area contributed by atoms with Crippen molar-refractivity contribution in [2.24, 2.45) is 4.99 Å². The van der Waals surface area contributed by atoms with Crippen LogP contribution in [0.1, 0.15) is 12.0 Å². The highest BCUT2D eigenvalue weighted by Gasteiger charge is 1.90.